The Morgan fingerprint density at radius 2 is 1.04 bits per heavy atom. The fourth-order valence-corrected chi connectivity index (χ4v) is 3.53. The third-order valence-corrected chi connectivity index (χ3v) is 4.81. The SMILES string of the molecule is CN(C)c1ccccc1N1C(=O)C(c2ccccc2)=C(c2ccccc2)C1=O. The van der Waals surface area contributed by atoms with Gasteiger partial charge in [0.25, 0.3) is 11.8 Å². The standard InChI is InChI=1S/C24H20N2O2/c1-25(2)19-15-9-10-16-20(19)26-23(27)21(17-11-5-3-6-12-17)22(24(26)28)18-13-7-4-8-14-18/h3-16H,1-2H3. The number of carbonyl (C=O) groups excluding carboxylic acids is 2. The van der Waals surface area contributed by atoms with Crippen LogP contribution in [0.15, 0.2) is 84.9 Å². The van der Waals surface area contributed by atoms with E-state index in [1.165, 1.54) is 4.90 Å². The molecular formula is C24H20N2O2. The Kier molecular flexibility index (Phi) is 4.53. The molecule has 0 N–H and O–H groups in total. The molecule has 4 heteroatoms. The molecule has 4 nitrogen and oxygen atoms in total. The van der Waals surface area contributed by atoms with Crippen LogP contribution >= 0.6 is 0 Å². The second kappa shape index (κ2) is 7.16. The number of rotatable bonds is 4. The maximum Gasteiger partial charge on any atom is 0.266 e. The molecule has 1 aliphatic rings. The summed E-state index contributed by atoms with van der Waals surface area (Å²) in [5.74, 6) is -0.603. The molecule has 3 aromatic rings. The smallest absolute Gasteiger partial charge is 0.266 e. The molecular weight excluding hydrogens is 348 g/mol. The van der Waals surface area contributed by atoms with Crippen LogP contribution in [0.4, 0.5) is 11.4 Å². The number of carbonyl (C=O) groups is 2. The van der Waals surface area contributed by atoms with Crippen molar-refractivity contribution in [2.45, 2.75) is 0 Å². The molecule has 0 spiro atoms. The number of anilines is 2. The highest BCUT2D eigenvalue weighted by Gasteiger charge is 2.41. The summed E-state index contributed by atoms with van der Waals surface area (Å²) in [6, 6.07) is 26.2. The second-order valence-electron chi connectivity index (χ2n) is 6.81. The van der Waals surface area contributed by atoms with Crippen LogP contribution in [-0.2, 0) is 9.59 Å². The second-order valence-corrected chi connectivity index (χ2v) is 6.81. The monoisotopic (exact) mass is 368 g/mol. The Morgan fingerprint density at radius 1 is 0.607 bits per heavy atom. The minimum Gasteiger partial charge on any atom is -0.376 e. The lowest BCUT2D eigenvalue weighted by molar-refractivity contribution is -0.119. The van der Waals surface area contributed by atoms with Crippen molar-refractivity contribution < 1.29 is 9.59 Å². The van der Waals surface area contributed by atoms with Crippen LogP contribution in [0.5, 0.6) is 0 Å². The molecule has 0 saturated carbocycles. The van der Waals surface area contributed by atoms with Crippen molar-refractivity contribution in [3.8, 4) is 0 Å². The molecule has 0 atom stereocenters. The van der Waals surface area contributed by atoms with Gasteiger partial charge in [0.05, 0.1) is 22.5 Å². The van der Waals surface area contributed by atoms with E-state index in [4.69, 9.17) is 0 Å². The highest BCUT2D eigenvalue weighted by atomic mass is 16.2. The number of para-hydroxylation sites is 2. The molecule has 0 bridgehead atoms. The molecule has 1 heterocycles. The van der Waals surface area contributed by atoms with E-state index in [1.807, 2.05) is 104 Å². The average molecular weight is 368 g/mol. The van der Waals surface area contributed by atoms with Gasteiger partial charge in [0, 0.05) is 14.1 Å². The average Bonchev–Trinajstić information content (AvgIpc) is 2.99. The van der Waals surface area contributed by atoms with E-state index in [2.05, 4.69) is 0 Å². The minimum atomic E-state index is -0.302. The molecule has 1 aliphatic heterocycles. The number of imide groups is 1. The first-order valence-corrected chi connectivity index (χ1v) is 9.10. The summed E-state index contributed by atoms with van der Waals surface area (Å²) in [4.78, 5) is 30.2. The van der Waals surface area contributed by atoms with E-state index >= 15 is 0 Å². The molecule has 28 heavy (non-hydrogen) atoms. The van der Waals surface area contributed by atoms with E-state index in [1.54, 1.807) is 0 Å². The third kappa shape index (κ3) is 2.89. The summed E-state index contributed by atoms with van der Waals surface area (Å²) >= 11 is 0. The van der Waals surface area contributed by atoms with Crippen molar-refractivity contribution in [2.75, 3.05) is 23.9 Å². The first-order valence-electron chi connectivity index (χ1n) is 9.10. The van der Waals surface area contributed by atoms with Gasteiger partial charge in [0.15, 0.2) is 0 Å². The van der Waals surface area contributed by atoms with Gasteiger partial charge in [-0.15, -0.1) is 0 Å². The Bertz CT molecular complexity index is 1010. The maximum absolute atomic E-state index is 13.5. The Balaban J connectivity index is 1.93. The van der Waals surface area contributed by atoms with Crippen LogP contribution in [-0.4, -0.2) is 25.9 Å². The lowest BCUT2D eigenvalue weighted by Gasteiger charge is -2.23. The normalized spacial score (nSPS) is 14.0. The van der Waals surface area contributed by atoms with Crippen LogP contribution in [0, 0.1) is 0 Å². The van der Waals surface area contributed by atoms with Crippen LogP contribution in [0.1, 0.15) is 11.1 Å². The summed E-state index contributed by atoms with van der Waals surface area (Å²) in [5.41, 5.74) is 3.75. The molecule has 138 valence electrons. The van der Waals surface area contributed by atoms with Crippen molar-refractivity contribution in [1.82, 2.24) is 0 Å². The summed E-state index contributed by atoms with van der Waals surface area (Å²) < 4.78 is 0. The van der Waals surface area contributed by atoms with E-state index in [-0.39, 0.29) is 11.8 Å². The van der Waals surface area contributed by atoms with Gasteiger partial charge in [-0.1, -0.05) is 72.8 Å². The fraction of sp³-hybridized carbons (Fsp3) is 0.0833. The zero-order valence-corrected chi connectivity index (χ0v) is 15.8. The predicted octanol–water partition coefficient (Wildman–Crippen LogP) is 4.24. The van der Waals surface area contributed by atoms with Crippen molar-refractivity contribution >= 4 is 34.3 Å². The van der Waals surface area contributed by atoms with Gasteiger partial charge in [0.2, 0.25) is 0 Å². The molecule has 0 radical (unpaired) electrons. The number of hydrogen-bond acceptors (Lipinski definition) is 3. The van der Waals surface area contributed by atoms with Gasteiger partial charge in [-0.3, -0.25) is 9.59 Å². The Labute approximate surface area is 164 Å². The quantitative estimate of drug-likeness (QED) is 0.647. The third-order valence-electron chi connectivity index (χ3n) is 4.81. The van der Waals surface area contributed by atoms with Crippen molar-refractivity contribution in [1.29, 1.82) is 0 Å². The Morgan fingerprint density at radius 3 is 1.50 bits per heavy atom. The molecule has 0 unspecified atom stereocenters. The number of benzene rings is 3. The molecule has 3 aromatic carbocycles. The molecule has 2 amide bonds. The summed E-state index contributed by atoms with van der Waals surface area (Å²) in [5, 5.41) is 0. The largest absolute Gasteiger partial charge is 0.376 e. The topological polar surface area (TPSA) is 40.6 Å². The summed E-state index contributed by atoms with van der Waals surface area (Å²) in [6.45, 7) is 0. The molecule has 0 fully saturated rings. The van der Waals surface area contributed by atoms with Crippen LogP contribution in [0.3, 0.4) is 0 Å². The van der Waals surface area contributed by atoms with Gasteiger partial charge in [-0.25, -0.2) is 4.90 Å². The van der Waals surface area contributed by atoms with Crippen molar-refractivity contribution in [3.05, 3.63) is 96.1 Å². The summed E-state index contributed by atoms with van der Waals surface area (Å²) in [7, 11) is 3.79. The lowest BCUT2D eigenvalue weighted by atomic mass is 9.96. The van der Waals surface area contributed by atoms with Gasteiger partial charge >= 0.3 is 0 Å². The lowest BCUT2D eigenvalue weighted by Crippen LogP contribution is -2.32. The molecule has 0 aromatic heterocycles. The van der Waals surface area contributed by atoms with E-state index in [0.717, 1.165) is 16.8 Å². The zero-order chi connectivity index (χ0) is 19.7. The number of amides is 2. The van der Waals surface area contributed by atoms with Gasteiger partial charge in [0.1, 0.15) is 0 Å². The van der Waals surface area contributed by atoms with E-state index < -0.39 is 0 Å². The summed E-state index contributed by atoms with van der Waals surface area (Å²) in [6.07, 6.45) is 0. The first kappa shape index (κ1) is 17.7. The molecule has 4 rings (SSSR count). The molecule has 0 saturated heterocycles. The predicted molar refractivity (Wildman–Crippen MR) is 113 cm³/mol. The van der Waals surface area contributed by atoms with Crippen LogP contribution in [0.25, 0.3) is 11.1 Å². The maximum atomic E-state index is 13.5. The number of hydrogen-bond donors (Lipinski definition) is 0. The first-order chi connectivity index (χ1) is 13.6. The van der Waals surface area contributed by atoms with E-state index in [0.29, 0.717) is 16.8 Å². The zero-order valence-electron chi connectivity index (χ0n) is 15.8. The van der Waals surface area contributed by atoms with Crippen molar-refractivity contribution in [3.63, 3.8) is 0 Å². The Hall–Kier alpha value is -3.66. The van der Waals surface area contributed by atoms with Gasteiger partial charge in [-0.2, -0.15) is 0 Å². The highest BCUT2D eigenvalue weighted by molar-refractivity contribution is 6.57. The van der Waals surface area contributed by atoms with E-state index in [9.17, 15) is 9.59 Å². The number of nitrogens with zero attached hydrogens (tertiary/aromatic N) is 2. The molecule has 0 aliphatic carbocycles. The van der Waals surface area contributed by atoms with Crippen LogP contribution < -0.4 is 9.80 Å². The van der Waals surface area contributed by atoms with Crippen LogP contribution in [0.2, 0.25) is 0 Å². The minimum absolute atomic E-state index is 0.302. The van der Waals surface area contributed by atoms with Gasteiger partial charge < -0.3 is 4.90 Å². The van der Waals surface area contributed by atoms with Gasteiger partial charge in [-0.05, 0) is 23.3 Å². The fourth-order valence-electron chi connectivity index (χ4n) is 3.53. The highest BCUT2D eigenvalue weighted by Crippen LogP contribution is 2.40. The van der Waals surface area contributed by atoms with Crippen molar-refractivity contribution in [2.24, 2.45) is 0 Å².